The molecule has 0 bridgehead atoms. The zero-order chi connectivity index (χ0) is 32.0. The van der Waals surface area contributed by atoms with E-state index in [4.69, 9.17) is 22.1 Å². The lowest BCUT2D eigenvalue weighted by atomic mass is 9.83. The first kappa shape index (κ1) is 38.9. The number of nitrogens with two attached hydrogens (primary N) is 2. The number of anilines is 1. The summed E-state index contributed by atoms with van der Waals surface area (Å²) in [5, 5.41) is 6.88. The van der Waals surface area contributed by atoms with Crippen molar-refractivity contribution in [2.24, 2.45) is 11.7 Å². The van der Waals surface area contributed by atoms with Crippen LogP contribution in [-0.2, 0) is 14.4 Å². The number of benzene rings is 1. The maximum absolute atomic E-state index is 12.9. The Hall–Kier alpha value is -2.14. The molecule has 3 rings (SSSR count). The van der Waals surface area contributed by atoms with Gasteiger partial charge in [0.05, 0.1) is 0 Å². The molecule has 2 aliphatic rings. The highest BCUT2D eigenvalue weighted by atomic mass is 35.5. The molecular formula is C32H52ClN5O3S2. The van der Waals surface area contributed by atoms with Crippen molar-refractivity contribution in [2.75, 3.05) is 43.4 Å². The van der Waals surface area contributed by atoms with Crippen molar-refractivity contribution in [3.05, 3.63) is 46.9 Å². The number of nitrogens with zero attached hydrogens (tertiary/aromatic N) is 1. The Morgan fingerprint density at radius 3 is 2.37 bits per heavy atom. The number of carbonyl (C=O) groups excluding carboxylic acids is 3. The average molecular weight is 654 g/mol. The highest BCUT2D eigenvalue weighted by Crippen LogP contribution is 2.34. The number of unbranched alkanes of at least 4 members (excludes halogenated alkanes) is 1. The normalized spacial score (nSPS) is 15.9. The molecule has 1 aromatic carbocycles. The summed E-state index contributed by atoms with van der Waals surface area (Å²) in [4.78, 5) is 38.2. The maximum Gasteiger partial charge on any atom is 0.247 e. The van der Waals surface area contributed by atoms with Crippen LogP contribution in [0, 0.1) is 5.92 Å². The van der Waals surface area contributed by atoms with Crippen molar-refractivity contribution in [3.8, 4) is 0 Å². The summed E-state index contributed by atoms with van der Waals surface area (Å²) in [6.07, 6.45) is 9.48. The van der Waals surface area contributed by atoms with Gasteiger partial charge in [-0.2, -0.15) is 11.8 Å². The third kappa shape index (κ3) is 17.1. The third-order valence-electron chi connectivity index (χ3n) is 7.25. The Morgan fingerprint density at radius 2 is 1.77 bits per heavy atom. The van der Waals surface area contributed by atoms with E-state index in [0.717, 1.165) is 47.2 Å². The smallest absolute Gasteiger partial charge is 0.247 e. The molecule has 43 heavy (non-hydrogen) atoms. The van der Waals surface area contributed by atoms with Gasteiger partial charge in [-0.1, -0.05) is 82.5 Å². The van der Waals surface area contributed by atoms with Crippen molar-refractivity contribution >= 4 is 59.0 Å². The molecule has 1 saturated heterocycles. The van der Waals surface area contributed by atoms with E-state index in [1.807, 2.05) is 17.8 Å². The number of rotatable bonds is 13. The number of amides is 3. The van der Waals surface area contributed by atoms with E-state index in [0.29, 0.717) is 48.1 Å². The van der Waals surface area contributed by atoms with Crippen LogP contribution in [0.4, 0.5) is 5.69 Å². The number of nitrogens with one attached hydrogen (secondary N) is 2. The van der Waals surface area contributed by atoms with Gasteiger partial charge in [0.1, 0.15) is 0 Å². The van der Waals surface area contributed by atoms with E-state index in [9.17, 15) is 9.59 Å². The molecule has 11 heteroatoms. The Kier molecular flexibility index (Phi) is 21.0. The van der Waals surface area contributed by atoms with Crippen LogP contribution in [0.3, 0.4) is 0 Å². The first-order valence-corrected chi connectivity index (χ1v) is 17.6. The van der Waals surface area contributed by atoms with Crippen LogP contribution in [0.25, 0.3) is 0 Å². The topological polar surface area (TPSA) is 131 Å². The van der Waals surface area contributed by atoms with Crippen LogP contribution in [0.1, 0.15) is 71.6 Å². The minimum Gasteiger partial charge on any atom is -0.398 e. The number of thioether (sulfide) groups is 2. The lowest BCUT2D eigenvalue weighted by molar-refractivity contribution is -0.123. The summed E-state index contributed by atoms with van der Waals surface area (Å²) in [6.45, 7) is 15.5. The Bertz CT molecular complexity index is 1010. The van der Waals surface area contributed by atoms with Crippen LogP contribution in [0.15, 0.2) is 46.7 Å². The summed E-state index contributed by atoms with van der Waals surface area (Å²) in [6, 6.07) is 5.26. The summed E-state index contributed by atoms with van der Waals surface area (Å²) in [5.41, 5.74) is 11.4. The number of primary amides is 1. The van der Waals surface area contributed by atoms with E-state index in [1.54, 1.807) is 12.1 Å². The fourth-order valence-electron chi connectivity index (χ4n) is 4.64. The second kappa shape index (κ2) is 23.3. The molecule has 3 amide bonds. The van der Waals surface area contributed by atoms with Crippen molar-refractivity contribution in [3.63, 3.8) is 0 Å². The predicted octanol–water partition coefficient (Wildman–Crippen LogP) is 6.00. The van der Waals surface area contributed by atoms with Crippen LogP contribution >= 0.6 is 35.1 Å². The first-order chi connectivity index (χ1) is 20.6. The number of hydrogen-bond acceptors (Lipinski definition) is 7. The minimum absolute atomic E-state index is 0.0229. The van der Waals surface area contributed by atoms with Gasteiger partial charge in [0.15, 0.2) is 0 Å². The second-order valence-electron chi connectivity index (χ2n) is 10.7. The monoisotopic (exact) mass is 653 g/mol. The van der Waals surface area contributed by atoms with Gasteiger partial charge < -0.3 is 22.1 Å². The Morgan fingerprint density at radius 1 is 1.14 bits per heavy atom. The standard InChI is InChI=1S/C27H39ClN4O2S2.C4H10.CH3NO/c1-19(18-32-12-14-35-15-13-32)27(34)30-17-24(21-6-4-3-5-7-21)31-26(33)11-8-20(2)36-25-16-22(28)9-10-23(25)29;1-3-4-2;2-1-3/h9-10,16,21,24H,1-8,11-15,17-18,29H2,(H,30,34)(H,31,33);3-4H2,1-2H3;1H,(H2,2,3). The number of nitrogen functional groups attached to an aromatic ring is 1. The molecule has 1 aromatic rings. The van der Waals surface area contributed by atoms with Gasteiger partial charge in [-0.15, -0.1) is 0 Å². The molecule has 8 nitrogen and oxygen atoms in total. The largest absolute Gasteiger partial charge is 0.398 e. The first-order valence-electron chi connectivity index (χ1n) is 15.3. The maximum atomic E-state index is 12.9. The van der Waals surface area contributed by atoms with Crippen LogP contribution < -0.4 is 22.1 Å². The van der Waals surface area contributed by atoms with Crippen LogP contribution in [-0.4, -0.2) is 66.9 Å². The van der Waals surface area contributed by atoms with Gasteiger partial charge in [-0.25, -0.2) is 0 Å². The van der Waals surface area contributed by atoms with E-state index in [-0.39, 0.29) is 24.3 Å². The van der Waals surface area contributed by atoms with Crippen molar-refractivity contribution < 1.29 is 14.4 Å². The summed E-state index contributed by atoms with van der Waals surface area (Å²) < 4.78 is 0. The molecule has 0 radical (unpaired) electrons. The third-order valence-corrected chi connectivity index (χ3v) is 9.49. The highest BCUT2D eigenvalue weighted by molar-refractivity contribution is 8.03. The van der Waals surface area contributed by atoms with Crippen molar-refractivity contribution in [1.29, 1.82) is 0 Å². The SMILES string of the molecule is C=C(CCC(=O)NC(CNC(=O)C(=C)CN1CCSCC1)C1CCCCC1)Sc1cc(Cl)ccc1N.CCCC.NC=O. The zero-order valence-corrected chi connectivity index (χ0v) is 28.4. The van der Waals surface area contributed by atoms with Crippen LogP contribution in [0.5, 0.6) is 0 Å². The molecule has 2 fully saturated rings. The molecule has 1 aliphatic carbocycles. The van der Waals surface area contributed by atoms with Crippen molar-refractivity contribution in [1.82, 2.24) is 15.5 Å². The van der Waals surface area contributed by atoms with E-state index < -0.39 is 0 Å². The summed E-state index contributed by atoms with van der Waals surface area (Å²) in [7, 11) is 0. The van der Waals surface area contributed by atoms with E-state index >= 15 is 0 Å². The van der Waals surface area contributed by atoms with Gasteiger partial charge in [0, 0.05) is 71.3 Å². The number of allylic oxidation sites excluding steroid dienone is 1. The number of hydrogen-bond donors (Lipinski definition) is 4. The minimum atomic E-state index is -0.118. The summed E-state index contributed by atoms with van der Waals surface area (Å²) in [5.74, 6) is 2.43. The van der Waals surface area contributed by atoms with Gasteiger partial charge in [0.25, 0.3) is 0 Å². The second-order valence-corrected chi connectivity index (χ2v) is 13.6. The van der Waals surface area contributed by atoms with E-state index in [1.165, 1.54) is 43.9 Å². The molecule has 1 unspecified atom stereocenters. The predicted molar refractivity (Wildman–Crippen MR) is 185 cm³/mol. The van der Waals surface area contributed by atoms with Gasteiger partial charge in [0.2, 0.25) is 18.2 Å². The average Bonchev–Trinajstić information content (AvgIpc) is 3.01. The van der Waals surface area contributed by atoms with Gasteiger partial charge >= 0.3 is 0 Å². The van der Waals surface area contributed by atoms with Crippen molar-refractivity contribution in [2.45, 2.75) is 82.6 Å². The lowest BCUT2D eigenvalue weighted by Crippen LogP contribution is -2.49. The number of carbonyl (C=O) groups is 3. The van der Waals surface area contributed by atoms with Gasteiger partial charge in [-0.05, 0) is 48.3 Å². The van der Waals surface area contributed by atoms with Crippen LogP contribution in [0.2, 0.25) is 5.02 Å². The lowest BCUT2D eigenvalue weighted by Gasteiger charge is -2.31. The molecule has 1 heterocycles. The molecule has 0 spiro atoms. The van der Waals surface area contributed by atoms with E-state index in [2.05, 4.69) is 48.3 Å². The molecule has 6 N–H and O–H groups in total. The molecule has 0 aromatic heterocycles. The fourth-order valence-corrected chi connectivity index (χ4v) is 6.74. The molecule has 1 aliphatic heterocycles. The molecular weight excluding hydrogens is 602 g/mol. The Labute approximate surface area is 272 Å². The Balaban J connectivity index is 0.00000119. The fraction of sp³-hybridized carbons (Fsp3) is 0.594. The molecule has 1 atom stereocenters. The zero-order valence-electron chi connectivity index (χ0n) is 26.0. The summed E-state index contributed by atoms with van der Waals surface area (Å²) >= 11 is 9.47. The molecule has 1 saturated carbocycles. The van der Waals surface area contributed by atoms with Gasteiger partial charge in [-0.3, -0.25) is 19.3 Å². The molecule has 242 valence electrons. The quantitative estimate of drug-likeness (QED) is 0.0889. The highest BCUT2D eigenvalue weighted by Gasteiger charge is 2.26. The number of halogens is 1.